The Kier molecular flexibility index (Phi) is 3.93. The van der Waals surface area contributed by atoms with E-state index in [9.17, 15) is 9.90 Å². The summed E-state index contributed by atoms with van der Waals surface area (Å²) in [5, 5.41) is 15.2. The fourth-order valence-electron chi connectivity index (χ4n) is 1.47. The van der Waals surface area contributed by atoms with Crippen LogP contribution in [0.5, 0.6) is 0 Å². The molecule has 2 atom stereocenters. The molecule has 88 valence electrons. The third kappa shape index (κ3) is 4.48. The van der Waals surface area contributed by atoms with Crippen LogP contribution in [0.1, 0.15) is 27.2 Å². The number of hydrogen-bond donors (Lipinski definition) is 3. The summed E-state index contributed by atoms with van der Waals surface area (Å²) in [6.07, 6.45) is -0.0796. The Morgan fingerprint density at radius 3 is 2.73 bits per heavy atom. The van der Waals surface area contributed by atoms with Gasteiger partial charge < -0.3 is 20.5 Å². The number of nitrogens with one attached hydrogen (secondary N) is 2. The Morgan fingerprint density at radius 1 is 1.60 bits per heavy atom. The predicted octanol–water partition coefficient (Wildman–Crippen LogP) is 0.234. The molecule has 0 saturated carbocycles. The highest BCUT2D eigenvalue weighted by Crippen LogP contribution is 2.08. The Morgan fingerprint density at radius 2 is 2.27 bits per heavy atom. The van der Waals surface area contributed by atoms with Gasteiger partial charge in [0.15, 0.2) is 0 Å². The van der Waals surface area contributed by atoms with Gasteiger partial charge in [0.1, 0.15) is 5.60 Å². The second-order valence-electron chi connectivity index (χ2n) is 4.80. The molecule has 3 N–H and O–H groups in total. The van der Waals surface area contributed by atoms with E-state index in [1.54, 1.807) is 0 Å². The summed E-state index contributed by atoms with van der Waals surface area (Å²) in [5.41, 5.74) is -0.480. The van der Waals surface area contributed by atoms with Gasteiger partial charge in [-0.2, -0.15) is 0 Å². The average Bonchev–Trinajstić information content (AvgIpc) is 2.44. The first-order valence-electron chi connectivity index (χ1n) is 5.27. The number of aliphatic hydroxyl groups excluding tert-OH is 1. The van der Waals surface area contributed by atoms with Crippen LogP contribution in [0.15, 0.2) is 0 Å². The highest BCUT2D eigenvalue weighted by molar-refractivity contribution is 5.67. The molecular weight excluding hydrogens is 196 g/mol. The summed E-state index contributed by atoms with van der Waals surface area (Å²) >= 11 is 0. The molecule has 1 amide bonds. The number of carbonyl (C=O) groups excluding carboxylic acids is 1. The number of alkyl carbamates (subject to hydrolysis) is 1. The average molecular weight is 216 g/mol. The zero-order valence-corrected chi connectivity index (χ0v) is 9.54. The molecule has 0 radical (unpaired) electrons. The maximum absolute atomic E-state index is 11.3. The lowest BCUT2D eigenvalue weighted by molar-refractivity contribution is 0.0513. The fraction of sp³-hybridized carbons (Fsp3) is 0.900. The number of aliphatic hydroxyl groups is 1. The Balaban J connectivity index is 2.22. The normalized spacial score (nSPS) is 26.4. The van der Waals surface area contributed by atoms with E-state index in [2.05, 4.69) is 10.6 Å². The quantitative estimate of drug-likeness (QED) is 0.618. The summed E-state index contributed by atoms with van der Waals surface area (Å²) < 4.78 is 5.07. The van der Waals surface area contributed by atoms with Gasteiger partial charge in [-0.05, 0) is 33.7 Å². The molecule has 0 bridgehead atoms. The number of ether oxygens (including phenoxy) is 1. The minimum Gasteiger partial charge on any atom is -0.444 e. The largest absolute Gasteiger partial charge is 0.444 e. The van der Waals surface area contributed by atoms with Crippen LogP contribution >= 0.6 is 0 Å². The van der Waals surface area contributed by atoms with Gasteiger partial charge in [-0.1, -0.05) is 0 Å². The van der Waals surface area contributed by atoms with Crippen molar-refractivity contribution in [3.05, 3.63) is 0 Å². The van der Waals surface area contributed by atoms with Gasteiger partial charge in [0, 0.05) is 6.54 Å². The van der Waals surface area contributed by atoms with Crippen molar-refractivity contribution in [2.75, 3.05) is 13.1 Å². The smallest absolute Gasteiger partial charge is 0.407 e. The summed E-state index contributed by atoms with van der Waals surface area (Å²) in [7, 11) is 0. The van der Waals surface area contributed by atoms with Crippen LogP contribution in [0.3, 0.4) is 0 Å². The maximum Gasteiger partial charge on any atom is 0.407 e. The van der Waals surface area contributed by atoms with Crippen LogP contribution in [0.25, 0.3) is 0 Å². The lowest BCUT2D eigenvalue weighted by Gasteiger charge is -2.21. The predicted molar refractivity (Wildman–Crippen MR) is 56.7 cm³/mol. The van der Waals surface area contributed by atoms with E-state index in [0.717, 1.165) is 13.0 Å². The van der Waals surface area contributed by atoms with E-state index >= 15 is 0 Å². The molecule has 15 heavy (non-hydrogen) atoms. The van der Waals surface area contributed by atoms with Crippen LogP contribution in [0.4, 0.5) is 4.79 Å². The van der Waals surface area contributed by atoms with Gasteiger partial charge in [-0.15, -0.1) is 0 Å². The molecule has 0 aromatic rings. The summed E-state index contributed by atoms with van der Waals surface area (Å²) in [6, 6.07) is -0.0579. The molecule has 1 aliphatic rings. The second-order valence-corrected chi connectivity index (χ2v) is 4.80. The summed E-state index contributed by atoms with van der Waals surface area (Å²) in [4.78, 5) is 11.3. The van der Waals surface area contributed by atoms with Crippen molar-refractivity contribution in [1.82, 2.24) is 10.6 Å². The van der Waals surface area contributed by atoms with Gasteiger partial charge in [0.25, 0.3) is 0 Å². The Hall–Kier alpha value is -0.810. The molecule has 0 aromatic carbocycles. The van der Waals surface area contributed by atoms with Crippen molar-refractivity contribution >= 4 is 6.09 Å². The lowest BCUT2D eigenvalue weighted by atomic mass is 10.2. The molecule has 1 aliphatic heterocycles. The lowest BCUT2D eigenvalue weighted by Crippen LogP contribution is -2.43. The van der Waals surface area contributed by atoms with Gasteiger partial charge >= 0.3 is 6.09 Å². The standard InChI is InChI=1S/C10H20N2O3/c1-10(2,3)15-9(14)12-6-7-8(13)4-5-11-7/h7-8,11,13H,4-6H2,1-3H3,(H,12,14)/t7-,8+/m1/s1. The number of rotatable bonds is 2. The van der Waals surface area contributed by atoms with E-state index in [0.29, 0.717) is 6.54 Å². The van der Waals surface area contributed by atoms with E-state index in [1.165, 1.54) is 0 Å². The van der Waals surface area contributed by atoms with Crippen molar-refractivity contribution in [3.63, 3.8) is 0 Å². The van der Waals surface area contributed by atoms with Crippen LogP contribution in [0, 0.1) is 0 Å². The van der Waals surface area contributed by atoms with Crippen LogP contribution in [-0.4, -0.2) is 42.0 Å². The van der Waals surface area contributed by atoms with Gasteiger partial charge in [0.05, 0.1) is 12.1 Å². The third-order valence-corrected chi connectivity index (χ3v) is 2.18. The first-order valence-corrected chi connectivity index (χ1v) is 5.27. The second kappa shape index (κ2) is 4.81. The molecule has 5 nitrogen and oxygen atoms in total. The number of amides is 1. The van der Waals surface area contributed by atoms with E-state index in [-0.39, 0.29) is 12.1 Å². The Labute approximate surface area is 90.2 Å². The molecule has 1 rings (SSSR count). The molecule has 0 spiro atoms. The molecule has 0 aromatic heterocycles. The maximum atomic E-state index is 11.3. The van der Waals surface area contributed by atoms with Gasteiger partial charge in [-0.3, -0.25) is 0 Å². The van der Waals surface area contributed by atoms with Crippen molar-refractivity contribution in [2.24, 2.45) is 0 Å². The number of hydrogen-bond acceptors (Lipinski definition) is 4. The first-order chi connectivity index (χ1) is 6.88. The molecule has 5 heteroatoms. The highest BCUT2D eigenvalue weighted by Gasteiger charge is 2.25. The van der Waals surface area contributed by atoms with E-state index in [4.69, 9.17) is 4.74 Å². The fourth-order valence-corrected chi connectivity index (χ4v) is 1.47. The topological polar surface area (TPSA) is 70.6 Å². The van der Waals surface area contributed by atoms with E-state index in [1.807, 2.05) is 20.8 Å². The van der Waals surface area contributed by atoms with Gasteiger partial charge in [-0.25, -0.2) is 4.79 Å². The monoisotopic (exact) mass is 216 g/mol. The SMILES string of the molecule is CC(C)(C)OC(=O)NC[C@H]1NCC[C@@H]1O. The summed E-state index contributed by atoms with van der Waals surface area (Å²) in [5.74, 6) is 0. The minimum atomic E-state index is -0.480. The molecule has 1 fully saturated rings. The van der Waals surface area contributed by atoms with Crippen molar-refractivity contribution in [2.45, 2.75) is 44.9 Å². The molecule has 0 unspecified atom stereocenters. The van der Waals surface area contributed by atoms with Crippen molar-refractivity contribution in [1.29, 1.82) is 0 Å². The van der Waals surface area contributed by atoms with Gasteiger partial charge in [0.2, 0.25) is 0 Å². The zero-order valence-electron chi connectivity index (χ0n) is 9.54. The molecule has 0 aliphatic carbocycles. The zero-order chi connectivity index (χ0) is 11.5. The van der Waals surface area contributed by atoms with Crippen molar-refractivity contribution < 1.29 is 14.6 Å². The molecular formula is C10H20N2O3. The van der Waals surface area contributed by atoms with E-state index < -0.39 is 11.7 Å². The minimum absolute atomic E-state index is 0.0579. The van der Waals surface area contributed by atoms with Crippen molar-refractivity contribution in [3.8, 4) is 0 Å². The third-order valence-electron chi connectivity index (χ3n) is 2.18. The molecule has 1 saturated heterocycles. The van der Waals surface area contributed by atoms with Crippen LogP contribution in [-0.2, 0) is 4.74 Å². The Bertz CT molecular complexity index is 225. The molecule has 1 heterocycles. The van der Waals surface area contributed by atoms with Crippen LogP contribution < -0.4 is 10.6 Å². The van der Waals surface area contributed by atoms with Crippen LogP contribution in [0.2, 0.25) is 0 Å². The highest BCUT2D eigenvalue weighted by atomic mass is 16.6. The summed E-state index contributed by atoms with van der Waals surface area (Å²) in [6.45, 7) is 6.64. The first kappa shape index (κ1) is 12.3. The number of carbonyl (C=O) groups is 1.